The minimum absolute atomic E-state index is 0.136. The van der Waals surface area contributed by atoms with Crippen LogP contribution in [0.4, 0.5) is 9.59 Å². The molecular weight excluding hydrogens is 676 g/mol. The number of halogens is 1. The van der Waals surface area contributed by atoms with Gasteiger partial charge in [0.1, 0.15) is 23.7 Å². The number of aromatic amines is 2. The number of carbonyl (C=O) groups is 4. The number of likely N-dealkylation sites (tertiary alicyclic amines) is 2. The van der Waals surface area contributed by atoms with Gasteiger partial charge in [-0.1, -0.05) is 65.3 Å². The van der Waals surface area contributed by atoms with Crippen molar-refractivity contribution in [1.29, 1.82) is 0 Å². The molecule has 4 heterocycles. The van der Waals surface area contributed by atoms with Gasteiger partial charge in [-0.25, -0.2) is 19.6 Å². The first-order chi connectivity index (χ1) is 24.2. The van der Waals surface area contributed by atoms with Crippen molar-refractivity contribution in [3.63, 3.8) is 0 Å². The first-order valence-electron chi connectivity index (χ1n) is 17.4. The zero-order valence-electron chi connectivity index (χ0n) is 30.5. The largest absolute Gasteiger partial charge is 0.453 e. The quantitative estimate of drug-likeness (QED) is 0.206. The summed E-state index contributed by atoms with van der Waals surface area (Å²) in [4.78, 5) is 71.0. The molecule has 276 valence electrons. The van der Waals surface area contributed by atoms with Crippen molar-refractivity contribution in [3.8, 4) is 22.5 Å². The van der Waals surface area contributed by atoms with E-state index < -0.39 is 24.3 Å². The molecule has 1 aromatic carbocycles. The molecular formula is C36H49ClN8O6. The summed E-state index contributed by atoms with van der Waals surface area (Å²) in [5.74, 6) is 1.17. The van der Waals surface area contributed by atoms with Crippen LogP contribution in [0.5, 0.6) is 0 Å². The third kappa shape index (κ3) is 8.16. The van der Waals surface area contributed by atoms with E-state index in [9.17, 15) is 19.2 Å². The van der Waals surface area contributed by atoms with Crippen LogP contribution in [0, 0.1) is 23.7 Å². The number of imidazole rings is 2. The number of rotatable bonds is 10. The van der Waals surface area contributed by atoms with Crippen molar-refractivity contribution in [3.05, 3.63) is 47.3 Å². The lowest BCUT2D eigenvalue weighted by Gasteiger charge is -2.30. The molecule has 2 aliphatic rings. The number of nitrogens with one attached hydrogen (secondary N) is 4. The minimum atomic E-state index is -0.731. The summed E-state index contributed by atoms with van der Waals surface area (Å²) in [7, 11) is 2.55. The van der Waals surface area contributed by atoms with Crippen molar-refractivity contribution >= 4 is 35.6 Å². The van der Waals surface area contributed by atoms with Gasteiger partial charge in [-0.05, 0) is 42.6 Å². The van der Waals surface area contributed by atoms with E-state index in [0.717, 1.165) is 29.7 Å². The maximum absolute atomic E-state index is 13.7. The third-order valence-electron chi connectivity index (χ3n) is 9.76. The highest BCUT2D eigenvalue weighted by Gasteiger charge is 2.41. The van der Waals surface area contributed by atoms with Gasteiger partial charge in [-0.3, -0.25) is 9.59 Å². The monoisotopic (exact) mass is 724 g/mol. The fraction of sp³-hybridized carbons (Fsp3) is 0.556. The zero-order valence-corrected chi connectivity index (χ0v) is 31.2. The van der Waals surface area contributed by atoms with E-state index in [2.05, 4.69) is 44.4 Å². The molecule has 5 rings (SSSR count). The van der Waals surface area contributed by atoms with Crippen LogP contribution in [0.15, 0.2) is 30.6 Å². The number of methoxy groups -OCH3 is 2. The van der Waals surface area contributed by atoms with Gasteiger partial charge < -0.3 is 39.9 Å². The molecule has 4 amide bonds. The van der Waals surface area contributed by atoms with E-state index >= 15 is 0 Å². The zero-order chi connectivity index (χ0) is 37.1. The number of alkyl carbamates (subject to hydrolysis) is 2. The van der Waals surface area contributed by atoms with Crippen molar-refractivity contribution in [1.82, 2.24) is 40.4 Å². The Morgan fingerprint density at radius 2 is 1.24 bits per heavy atom. The van der Waals surface area contributed by atoms with Crippen LogP contribution in [0.1, 0.15) is 78.1 Å². The van der Waals surface area contributed by atoms with Gasteiger partial charge in [0.25, 0.3) is 0 Å². The first kappa shape index (κ1) is 37.7. The van der Waals surface area contributed by atoms with E-state index in [4.69, 9.17) is 21.1 Å². The number of nitrogens with zero attached hydrogens (tertiary/aromatic N) is 4. The highest BCUT2D eigenvalue weighted by Crippen LogP contribution is 2.39. The molecule has 0 radical (unpaired) electrons. The molecule has 2 fully saturated rings. The lowest BCUT2D eigenvalue weighted by Crippen LogP contribution is -2.51. The molecule has 2 aliphatic heterocycles. The van der Waals surface area contributed by atoms with E-state index in [0.29, 0.717) is 35.5 Å². The summed E-state index contributed by atoms with van der Waals surface area (Å²) in [6, 6.07) is 3.67. The number of hydrogen-bond acceptors (Lipinski definition) is 8. The molecule has 6 atom stereocenters. The standard InChI is InChI=1S/C36H49ClN8O6/c1-18(2)29(42-35(48)50-7)33(46)44-16-20(5)11-27(44)31-38-14-25(40-31)22-9-10-23(24(37)13-22)26-15-39-32(41-26)28-12-21(6)17-45(28)34(47)30(19(3)4)43-36(49)51-8/h9-10,13-15,18-21,27-30H,11-12,16-17H2,1-8H3,(H,38,40)(H,39,41)(H,42,48)(H,43,49)/t20-,21-,27-,28-,29-,30-/m0/s1. The Morgan fingerprint density at radius 1 is 0.784 bits per heavy atom. The molecule has 14 nitrogen and oxygen atoms in total. The van der Waals surface area contributed by atoms with Gasteiger partial charge in [0.15, 0.2) is 0 Å². The Balaban J connectivity index is 1.33. The summed E-state index contributed by atoms with van der Waals surface area (Å²) in [6.07, 6.45) is 3.61. The SMILES string of the molecule is COC(=O)N[C@H](C(=O)N1C[C@@H](C)C[C@H]1c1ncc(-c2ccc(-c3cnc([C@@H]4C[C@H](C)CN4C(=O)[C@@H](NC(=O)OC)C(C)C)[nH]3)c(Cl)c2)[nH]1)C(C)C. The van der Waals surface area contributed by atoms with Crippen LogP contribution in [-0.4, -0.2) is 93.1 Å². The maximum Gasteiger partial charge on any atom is 0.407 e. The summed E-state index contributed by atoms with van der Waals surface area (Å²) >= 11 is 6.86. The molecule has 0 aliphatic carbocycles. The van der Waals surface area contributed by atoms with Crippen LogP contribution in [0.2, 0.25) is 5.02 Å². The highest BCUT2D eigenvalue weighted by molar-refractivity contribution is 6.33. The normalized spacial score (nSPS) is 21.5. The Bertz CT molecular complexity index is 1740. The average molecular weight is 725 g/mol. The fourth-order valence-corrected chi connectivity index (χ4v) is 7.33. The van der Waals surface area contributed by atoms with Crippen molar-refractivity contribution < 1.29 is 28.7 Å². The van der Waals surface area contributed by atoms with Crippen LogP contribution in [0.25, 0.3) is 22.5 Å². The number of carbonyl (C=O) groups excluding carboxylic acids is 4. The number of amides is 4. The van der Waals surface area contributed by atoms with Crippen molar-refractivity contribution in [2.75, 3.05) is 27.3 Å². The van der Waals surface area contributed by atoms with Gasteiger partial charge in [0.2, 0.25) is 11.8 Å². The Labute approximate surface area is 303 Å². The molecule has 0 spiro atoms. The maximum atomic E-state index is 13.7. The number of aromatic nitrogens is 4. The molecule has 4 N–H and O–H groups in total. The highest BCUT2D eigenvalue weighted by atomic mass is 35.5. The number of H-pyrrole nitrogens is 2. The van der Waals surface area contributed by atoms with Gasteiger partial charge in [0.05, 0.1) is 55.1 Å². The third-order valence-corrected chi connectivity index (χ3v) is 10.1. The second kappa shape index (κ2) is 15.7. The molecule has 2 saturated heterocycles. The van der Waals surface area contributed by atoms with Gasteiger partial charge >= 0.3 is 12.2 Å². The second-order valence-corrected chi connectivity index (χ2v) is 14.9. The van der Waals surface area contributed by atoms with Crippen molar-refractivity contribution in [2.45, 2.75) is 78.6 Å². The predicted molar refractivity (Wildman–Crippen MR) is 191 cm³/mol. The smallest absolute Gasteiger partial charge is 0.407 e. The first-order valence-corrected chi connectivity index (χ1v) is 17.8. The molecule has 0 unspecified atom stereocenters. The topological polar surface area (TPSA) is 175 Å². The van der Waals surface area contributed by atoms with E-state index in [1.54, 1.807) is 22.2 Å². The average Bonchev–Trinajstić information content (AvgIpc) is 3.91. The van der Waals surface area contributed by atoms with Crippen LogP contribution < -0.4 is 10.6 Å². The molecule has 3 aromatic rings. The predicted octanol–water partition coefficient (Wildman–Crippen LogP) is 5.70. The second-order valence-electron chi connectivity index (χ2n) is 14.5. The molecule has 0 bridgehead atoms. The number of ether oxygens (including phenoxy) is 2. The molecule has 2 aromatic heterocycles. The minimum Gasteiger partial charge on any atom is -0.453 e. The molecule has 15 heteroatoms. The van der Waals surface area contributed by atoms with Crippen LogP contribution >= 0.6 is 11.6 Å². The molecule has 51 heavy (non-hydrogen) atoms. The summed E-state index contributed by atoms with van der Waals surface area (Å²) < 4.78 is 9.52. The van der Waals surface area contributed by atoms with Gasteiger partial charge in [-0.2, -0.15) is 0 Å². The van der Waals surface area contributed by atoms with E-state index in [1.165, 1.54) is 14.2 Å². The van der Waals surface area contributed by atoms with Gasteiger partial charge in [0, 0.05) is 24.2 Å². The van der Waals surface area contributed by atoms with E-state index in [1.807, 2.05) is 45.9 Å². The number of hydrogen-bond donors (Lipinski definition) is 4. The Hall–Kier alpha value is -4.59. The lowest BCUT2D eigenvalue weighted by atomic mass is 10.0. The molecule has 0 saturated carbocycles. The Kier molecular flexibility index (Phi) is 11.6. The lowest BCUT2D eigenvalue weighted by molar-refractivity contribution is -0.136. The Morgan fingerprint density at radius 3 is 1.67 bits per heavy atom. The summed E-state index contributed by atoms with van der Waals surface area (Å²) in [5.41, 5.74) is 3.02. The van der Waals surface area contributed by atoms with Gasteiger partial charge in [-0.15, -0.1) is 0 Å². The summed E-state index contributed by atoms with van der Waals surface area (Å²) in [5, 5.41) is 5.87. The van der Waals surface area contributed by atoms with E-state index in [-0.39, 0.29) is 47.6 Å². The van der Waals surface area contributed by atoms with Crippen molar-refractivity contribution in [2.24, 2.45) is 23.7 Å². The van der Waals surface area contributed by atoms with Crippen LogP contribution in [0.3, 0.4) is 0 Å². The summed E-state index contributed by atoms with van der Waals surface area (Å²) in [6.45, 7) is 12.8. The van der Waals surface area contributed by atoms with Crippen LogP contribution in [-0.2, 0) is 19.1 Å². The number of benzene rings is 1. The fourth-order valence-electron chi connectivity index (χ4n) is 7.05.